The van der Waals surface area contributed by atoms with Crippen LogP contribution in [0.3, 0.4) is 0 Å². The number of furan rings is 1. The summed E-state index contributed by atoms with van der Waals surface area (Å²) < 4.78 is 5.62. The smallest absolute Gasteiger partial charge is 0.355 e. The van der Waals surface area contributed by atoms with Gasteiger partial charge in [-0.05, 0) is 25.0 Å². The summed E-state index contributed by atoms with van der Waals surface area (Å²) in [5.41, 5.74) is 3.97. The molecule has 25 heavy (non-hydrogen) atoms. The van der Waals surface area contributed by atoms with Gasteiger partial charge in [-0.3, -0.25) is 4.79 Å². The Bertz CT molecular complexity index is 942. The summed E-state index contributed by atoms with van der Waals surface area (Å²) in [6, 6.07) is 4.00. The van der Waals surface area contributed by atoms with Gasteiger partial charge >= 0.3 is 5.97 Å². The molecule has 2 aromatic heterocycles. The number of amides is 1. The minimum Gasteiger partial charge on any atom is -0.476 e. The van der Waals surface area contributed by atoms with Crippen molar-refractivity contribution in [2.24, 2.45) is 0 Å². The number of carboxylic acid groups (broad SMARTS) is 1. The van der Waals surface area contributed by atoms with E-state index in [1.54, 1.807) is 6.26 Å². The highest BCUT2D eigenvalue weighted by Crippen LogP contribution is 2.26. The van der Waals surface area contributed by atoms with E-state index < -0.39 is 5.97 Å². The molecule has 0 atom stereocenters. The lowest BCUT2D eigenvalue weighted by molar-refractivity contribution is -0.120. The summed E-state index contributed by atoms with van der Waals surface area (Å²) in [4.78, 5) is 26.9. The van der Waals surface area contributed by atoms with Crippen LogP contribution in [0.2, 0.25) is 0 Å². The van der Waals surface area contributed by atoms with E-state index in [0.717, 1.165) is 27.7 Å². The van der Waals surface area contributed by atoms with Gasteiger partial charge in [0.2, 0.25) is 5.91 Å². The first kappa shape index (κ1) is 17.2. The first-order valence-corrected chi connectivity index (χ1v) is 8.74. The van der Waals surface area contributed by atoms with Crippen LogP contribution in [-0.2, 0) is 17.6 Å². The molecule has 0 aliphatic carbocycles. The lowest BCUT2D eigenvalue weighted by atomic mass is 10.0. The average Bonchev–Trinajstić information content (AvgIpc) is 3.19. The number of fused-ring (bicyclic) bond motifs is 1. The SMILES string of the molecule is Cc1ccc2c(CC(=O)NCCc3nc(C(=O)O)cs3)coc2c1C. The highest BCUT2D eigenvalue weighted by Gasteiger charge is 2.13. The molecule has 2 N–H and O–H groups in total. The molecule has 3 rings (SSSR count). The molecule has 0 unspecified atom stereocenters. The van der Waals surface area contributed by atoms with Gasteiger partial charge < -0.3 is 14.8 Å². The van der Waals surface area contributed by atoms with E-state index >= 15 is 0 Å². The Hall–Kier alpha value is -2.67. The number of carbonyl (C=O) groups excluding carboxylic acids is 1. The van der Waals surface area contributed by atoms with Crippen LogP contribution in [0.4, 0.5) is 0 Å². The predicted molar refractivity (Wildman–Crippen MR) is 95.2 cm³/mol. The molecule has 0 fully saturated rings. The number of nitrogens with one attached hydrogen (secondary N) is 1. The highest BCUT2D eigenvalue weighted by molar-refractivity contribution is 7.09. The van der Waals surface area contributed by atoms with Gasteiger partial charge in [0, 0.05) is 29.3 Å². The van der Waals surface area contributed by atoms with Crippen LogP contribution in [0, 0.1) is 13.8 Å². The van der Waals surface area contributed by atoms with E-state index in [4.69, 9.17) is 9.52 Å². The van der Waals surface area contributed by atoms with Gasteiger partial charge in [-0.1, -0.05) is 12.1 Å². The predicted octanol–water partition coefficient (Wildman–Crippen LogP) is 3.11. The number of aromatic nitrogens is 1. The Balaban J connectivity index is 1.57. The molecule has 7 heteroatoms. The number of nitrogens with zero attached hydrogens (tertiary/aromatic N) is 1. The lowest BCUT2D eigenvalue weighted by Gasteiger charge is -2.04. The summed E-state index contributed by atoms with van der Waals surface area (Å²) in [6.45, 7) is 4.45. The number of hydrogen-bond donors (Lipinski definition) is 2. The number of rotatable bonds is 6. The Kier molecular flexibility index (Phi) is 4.85. The quantitative estimate of drug-likeness (QED) is 0.706. The van der Waals surface area contributed by atoms with Gasteiger partial charge in [0.25, 0.3) is 0 Å². The molecule has 0 spiro atoms. The lowest BCUT2D eigenvalue weighted by Crippen LogP contribution is -2.27. The van der Waals surface area contributed by atoms with Gasteiger partial charge in [0.15, 0.2) is 5.69 Å². The molecule has 1 aromatic carbocycles. The zero-order valence-electron chi connectivity index (χ0n) is 14.0. The summed E-state index contributed by atoms with van der Waals surface area (Å²) >= 11 is 1.28. The van der Waals surface area contributed by atoms with Gasteiger partial charge in [0.1, 0.15) is 5.58 Å². The van der Waals surface area contributed by atoms with Crippen molar-refractivity contribution in [2.45, 2.75) is 26.7 Å². The molecule has 130 valence electrons. The third-order valence-electron chi connectivity index (χ3n) is 4.12. The van der Waals surface area contributed by atoms with Crippen molar-refractivity contribution in [3.63, 3.8) is 0 Å². The first-order chi connectivity index (χ1) is 12.0. The first-order valence-electron chi connectivity index (χ1n) is 7.86. The summed E-state index contributed by atoms with van der Waals surface area (Å²) in [6.07, 6.45) is 2.39. The highest BCUT2D eigenvalue weighted by atomic mass is 32.1. The molecule has 2 heterocycles. The molecule has 1 amide bonds. The van der Waals surface area contributed by atoms with Crippen LogP contribution < -0.4 is 5.32 Å². The Morgan fingerprint density at radius 1 is 1.32 bits per heavy atom. The molecular weight excluding hydrogens is 340 g/mol. The molecule has 6 nitrogen and oxygen atoms in total. The van der Waals surface area contributed by atoms with Crippen molar-refractivity contribution >= 4 is 34.2 Å². The molecule has 0 saturated heterocycles. The minimum absolute atomic E-state index is 0.0434. The van der Waals surface area contributed by atoms with Gasteiger partial charge in [-0.15, -0.1) is 11.3 Å². The van der Waals surface area contributed by atoms with Crippen molar-refractivity contribution in [1.82, 2.24) is 10.3 Å². The molecule has 0 saturated carbocycles. The molecule has 0 bridgehead atoms. The zero-order chi connectivity index (χ0) is 18.0. The van der Waals surface area contributed by atoms with Gasteiger partial charge in [-0.2, -0.15) is 0 Å². The van der Waals surface area contributed by atoms with E-state index in [9.17, 15) is 9.59 Å². The van der Waals surface area contributed by atoms with Crippen molar-refractivity contribution in [2.75, 3.05) is 6.54 Å². The van der Waals surface area contributed by atoms with Crippen LogP contribution in [0.5, 0.6) is 0 Å². The Morgan fingerprint density at radius 3 is 2.84 bits per heavy atom. The molecular formula is C18H18N2O4S. The normalized spacial score (nSPS) is 11.0. The van der Waals surface area contributed by atoms with E-state index in [0.29, 0.717) is 18.0 Å². The van der Waals surface area contributed by atoms with E-state index in [-0.39, 0.29) is 18.0 Å². The van der Waals surface area contributed by atoms with Crippen molar-refractivity contribution in [1.29, 1.82) is 0 Å². The number of aryl methyl sites for hydroxylation is 2. The van der Waals surface area contributed by atoms with E-state index in [2.05, 4.69) is 10.3 Å². The zero-order valence-corrected chi connectivity index (χ0v) is 14.8. The monoisotopic (exact) mass is 358 g/mol. The van der Waals surface area contributed by atoms with Crippen LogP contribution >= 0.6 is 11.3 Å². The number of carboxylic acids is 1. The second kappa shape index (κ2) is 7.06. The molecule has 0 aliphatic rings. The second-order valence-electron chi connectivity index (χ2n) is 5.85. The topological polar surface area (TPSA) is 92.4 Å². The van der Waals surface area contributed by atoms with Crippen LogP contribution in [0.1, 0.15) is 32.2 Å². The van der Waals surface area contributed by atoms with Crippen LogP contribution in [0.15, 0.2) is 28.2 Å². The molecule has 0 radical (unpaired) electrons. The fourth-order valence-electron chi connectivity index (χ4n) is 2.59. The maximum absolute atomic E-state index is 12.1. The number of hydrogen-bond acceptors (Lipinski definition) is 5. The fourth-order valence-corrected chi connectivity index (χ4v) is 3.37. The maximum Gasteiger partial charge on any atom is 0.355 e. The summed E-state index contributed by atoms with van der Waals surface area (Å²) in [5, 5.41) is 14.8. The summed E-state index contributed by atoms with van der Waals surface area (Å²) in [7, 11) is 0. The maximum atomic E-state index is 12.1. The molecule has 0 aliphatic heterocycles. The third-order valence-corrected chi connectivity index (χ3v) is 5.03. The van der Waals surface area contributed by atoms with Crippen LogP contribution in [-0.4, -0.2) is 28.5 Å². The fraction of sp³-hybridized carbons (Fsp3) is 0.278. The molecule has 3 aromatic rings. The number of carbonyl (C=O) groups is 2. The van der Waals surface area contributed by atoms with Gasteiger partial charge in [0.05, 0.1) is 17.7 Å². The Labute approximate surface area is 148 Å². The third kappa shape index (κ3) is 3.71. The van der Waals surface area contributed by atoms with E-state index in [1.807, 2.05) is 26.0 Å². The largest absolute Gasteiger partial charge is 0.476 e. The minimum atomic E-state index is -1.04. The standard InChI is InChI=1S/C18H18N2O4S/c1-10-3-4-13-12(8-24-17(13)11(10)2)7-15(21)19-6-5-16-20-14(9-25-16)18(22)23/h3-4,8-9H,5-7H2,1-2H3,(H,19,21)(H,22,23). The van der Waals surface area contributed by atoms with E-state index in [1.165, 1.54) is 16.7 Å². The number of aromatic carboxylic acids is 1. The van der Waals surface area contributed by atoms with Crippen molar-refractivity contribution < 1.29 is 19.1 Å². The van der Waals surface area contributed by atoms with Crippen LogP contribution in [0.25, 0.3) is 11.0 Å². The Morgan fingerprint density at radius 2 is 2.12 bits per heavy atom. The number of benzene rings is 1. The average molecular weight is 358 g/mol. The van der Waals surface area contributed by atoms with Gasteiger partial charge in [-0.25, -0.2) is 9.78 Å². The summed E-state index contributed by atoms with van der Waals surface area (Å²) in [5.74, 6) is -1.14. The second-order valence-corrected chi connectivity index (χ2v) is 6.80. The van der Waals surface area contributed by atoms with Crippen molar-refractivity contribution in [3.05, 3.63) is 51.2 Å². The number of thiazole rings is 1. The van der Waals surface area contributed by atoms with Crippen molar-refractivity contribution in [3.8, 4) is 0 Å².